The van der Waals surface area contributed by atoms with Crippen molar-refractivity contribution < 1.29 is 19.4 Å². The van der Waals surface area contributed by atoms with E-state index in [0.717, 1.165) is 0 Å². The van der Waals surface area contributed by atoms with Crippen LogP contribution in [0.5, 0.6) is 0 Å². The molecule has 0 spiro atoms. The number of aromatic nitrogens is 2. The molecule has 1 unspecified atom stereocenters. The van der Waals surface area contributed by atoms with Gasteiger partial charge in [-0.15, -0.1) is 0 Å². The van der Waals surface area contributed by atoms with Gasteiger partial charge in [0, 0.05) is 24.8 Å². The van der Waals surface area contributed by atoms with Gasteiger partial charge in [0.25, 0.3) is 5.56 Å². The zero-order valence-corrected chi connectivity index (χ0v) is 11.7. The van der Waals surface area contributed by atoms with E-state index in [-0.39, 0.29) is 19.4 Å². The fourth-order valence-electron chi connectivity index (χ4n) is 1.73. The van der Waals surface area contributed by atoms with Crippen molar-refractivity contribution in [1.29, 1.82) is 0 Å². The first kappa shape index (κ1) is 16.6. The Labute approximate surface area is 119 Å². The van der Waals surface area contributed by atoms with Crippen LogP contribution in [0.25, 0.3) is 0 Å². The molecule has 0 saturated carbocycles. The van der Waals surface area contributed by atoms with Crippen LogP contribution in [-0.2, 0) is 20.7 Å². The Bertz CT molecular complexity index is 633. The monoisotopic (exact) mass is 299 g/mol. The molecule has 0 radical (unpaired) electrons. The molecule has 0 aliphatic rings. The second-order valence-corrected chi connectivity index (χ2v) is 4.38. The smallest absolute Gasteiger partial charge is 0.334 e. The number of carboxylic acids is 1. The second kappa shape index (κ2) is 7.39. The fraction of sp³-hybridized carbons (Fsp3) is 0.500. The average molecular weight is 299 g/mol. The first-order valence-corrected chi connectivity index (χ1v) is 6.19. The summed E-state index contributed by atoms with van der Waals surface area (Å²) in [6, 6.07) is 0. The Morgan fingerprint density at radius 1 is 1.33 bits per heavy atom. The molecule has 0 aromatic carbocycles. The van der Waals surface area contributed by atoms with Crippen LogP contribution in [0.4, 0.5) is 0 Å². The van der Waals surface area contributed by atoms with Crippen LogP contribution >= 0.6 is 0 Å². The first-order chi connectivity index (χ1) is 9.85. The van der Waals surface area contributed by atoms with Crippen LogP contribution in [0.2, 0.25) is 0 Å². The summed E-state index contributed by atoms with van der Waals surface area (Å²) < 4.78 is 4.67. The number of methoxy groups -OCH3 is 1. The van der Waals surface area contributed by atoms with Crippen LogP contribution in [-0.4, -0.2) is 46.7 Å². The summed E-state index contributed by atoms with van der Waals surface area (Å²) >= 11 is 0. The summed E-state index contributed by atoms with van der Waals surface area (Å²) in [7, 11) is 1.23. The molecule has 0 aliphatic heterocycles. The van der Waals surface area contributed by atoms with E-state index in [1.54, 1.807) is 6.92 Å². The lowest BCUT2D eigenvalue weighted by molar-refractivity contribution is -0.148. The van der Waals surface area contributed by atoms with Crippen molar-refractivity contribution in [3.63, 3.8) is 0 Å². The molecule has 9 heteroatoms. The summed E-state index contributed by atoms with van der Waals surface area (Å²) in [5, 5.41) is 11.1. The number of rotatable bonds is 7. The fourth-order valence-corrected chi connectivity index (χ4v) is 1.73. The third-order valence-corrected chi connectivity index (χ3v) is 2.90. The first-order valence-electron chi connectivity index (χ1n) is 6.19. The quantitative estimate of drug-likeness (QED) is 0.484. The van der Waals surface area contributed by atoms with E-state index in [1.165, 1.54) is 7.11 Å². The molecule has 1 atom stereocenters. The standard InChI is InChI=1S/C12H17N3O6/c1-6-7(10(17)15-12(20)14-6)3-4-9(16)13-5-8(21-2)11(18)19/h8H,3-5H2,1-2H3,(H,13,16)(H,18,19)(H2,14,15,17,20). The number of aliphatic carboxylic acids is 1. The molecule has 4 N–H and O–H groups in total. The molecule has 1 amide bonds. The Balaban J connectivity index is 2.56. The van der Waals surface area contributed by atoms with Crippen molar-refractivity contribution in [2.75, 3.05) is 13.7 Å². The lowest BCUT2D eigenvalue weighted by atomic mass is 10.1. The number of hydrogen-bond donors (Lipinski definition) is 4. The molecule has 0 bridgehead atoms. The number of nitrogens with one attached hydrogen (secondary N) is 3. The van der Waals surface area contributed by atoms with Gasteiger partial charge in [-0.2, -0.15) is 0 Å². The minimum atomic E-state index is -1.18. The van der Waals surface area contributed by atoms with Gasteiger partial charge in [-0.25, -0.2) is 9.59 Å². The maximum Gasteiger partial charge on any atom is 0.334 e. The van der Waals surface area contributed by atoms with Crippen LogP contribution < -0.4 is 16.6 Å². The molecule has 1 aromatic rings. The lowest BCUT2D eigenvalue weighted by Crippen LogP contribution is -2.38. The van der Waals surface area contributed by atoms with Gasteiger partial charge in [0.15, 0.2) is 6.10 Å². The number of carbonyl (C=O) groups excluding carboxylic acids is 1. The molecule has 116 valence electrons. The number of carboxylic acid groups (broad SMARTS) is 1. The highest BCUT2D eigenvalue weighted by molar-refractivity contribution is 5.78. The van der Waals surface area contributed by atoms with Crippen LogP contribution in [0.1, 0.15) is 17.7 Å². The van der Waals surface area contributed by atoms with E-state index in [9.17, 15) is 19.2 Å². The summed E-state index contributed by atoms with van der Waals surface area (Å²) in [6.07, 6.45) is -0.993. The Hall–Kier alpha value is -2.42. The summed E-state index contributed by atoms with van der Waals surface area (Å²) in [4.78, 5) is 49.4. The largest absolute Gasteiger partial charge is 0.479 e. The SMILES string of the molecule is COC(CNC(=O)CCc1c(C)[nH]c(=O)[nH]c1=O)C(=O)O. The number of hydrogen-bond acceptors (Lipinski definition) is 5. The molecule has 0 saturated heterocycles. The number of ether oxygens (including phenoxy) is 1. The van der Waals surface area contributed by atoms with Crippen molar-refractivity contribution in [2.24, 2.45) is 0 Å². The minimum Gasteiger partial charge on any atom is -0.479 e. The normalized spacial score (nSPS) is 11.9. The van der Waals surface area contributed by atoms with Gasteiger partial charge in [0.1, 0.15) is 0 Å². The number of amides is 1. The number of aryl methyl sites for hydroxylation is 1. The van der Waals surface area contributed by atoms with Gasteiger partial charge in [-0.3, -0.25) is 14.6 Å². The summed E-state index contributed by atoms with van der Waals surface area (Å²) in [6.45, 7) is 1.40. The van der Waals surface area contributed by atoms with Gasteiger partial charge in [-0.1, -0.05) is 0 Å². The third-order valence-electron chi connectivity index (χ3n) is 2.90. The summed E-state index contributed by atoms with van der Waals surface area (Å²) in [5.41, 5.74) is -0.428. The highest BCUT2D eigenvalue weighted by Crippen LogP contribution is 2.00. The molecule has 0 fully saturated rings. The van der Waals surface area contributed by atoms with Gasteiger partial charge >= 0.3 is 11.7 Å². The Morgan fingerprint density at radius 2 is 2.00 bits per heavy atom. The number of carbonyl (C=O) groups is 2. The highest BCUT2D eigenvalue weighted by atomic mass is 16.5. The average Bonchev–Trinajstić information content (AvgIpc) is 2.37. The zero-order valence-electron chi connectivity index (χ0n) is 11.7. The van der Waals surface area contributed by atoms with Crippen LogP contribution in [0, 0.1) is 6.92 Å². The van der Waals surface area contributed by atoms with E-state index in [0.29, 0.717) is 11.3 Å². The van der Waals surface area contributed by atoms with Gasteiger partial charge in [0.05, 0.1) is 6.54 Å². The minimum absolute atomic E-state index is 0.00792. The van der Waals surface area contributed by atoms with Gasteiger partial charge in [-0.05, 0) is 13.3 Å². The highest BCUT2D eigenvalue weighted by Gasteiger charge is 2.17. The number of H-pyrrole nitrogens is 2. The van der Waals surface area contributed by atoms with E-state index in [1.807, 2.05) is 0 Å². The Morgan fingerprint density at radius 3 is 2.52 bits per heavy atom. The van der Waals surface area contributed by atoms with E-state index in [4.69, 9.17) is 5.11 Å². The third kappa shape index (κ3) is 4.88. The summed E-state index contributed by atoms with van der Waals surface area (Å²) in [5.74, 6) is -1.59. The zero-order chi connectivity index (χ0) is 16.0. The molecule has 1 rings (SSSR count). The van der Waals surface area contributed by atoms with E-state index < -0.39 is 29.2 Å². The van der Waals surface area contributed by atoms with E-state index in [2.05, 4.69) is 20.0 Å². The molecule has 9 nitrogen and oxygen atoms in total. The van der Waals surface area contributed by atoms with Crippen LogP contribution in [0.15, 0.2) is 9.59 Å². The van der Waals surface area contributed by atoms with Crippen molar-refractivity contribution in [3.05, 3.63) is 32.1 Å². The predicted molar refractivity (Wildman–Crippen MR) is 72.2 cm³/mol. The predicted octanol–water partition coefficient (Wildman–Crippen LogP) is -1.48. The molecular formula is C12H17N3O6. The Kier molecular flexibility index (Phi) is 5.85. The van der Waals surface area contributed by atoms with Crippen molar-refractivity contribution in [2.45, 2.75) is 25.9 Å². The number of aromatic amines is 2. The van der Waals surface area contributed by atoms with Gasteiger partial charge < -0.3 is 20.1 Å². The maximum absolute atomic E-state index is 11.6. The molecule has 1 aromatic heterocycles. The maximum atomic E-state index is 11.6. The second-order valence-electron chi connectivity index (χ2n) is 4.38. The molecular weight excluding hydrogens is 282 g/mol. The topological polar surface area (TPSA) is 141 Å². The van der Waals surface area contributed by atoms with Crippen molar-refractivity contribution in [3.8, 4) is 0 Å². The molecule has 1 heterocycles. The van der Waals surface area contributed by atoms with Crippen LogP contribution in [0.3, 0.4) is 0 Å². The van der Waals surface area contributed by atoms with E-state index >= 15 is 0 Å². The van der Waals surface area contributed by atoms with Crippen molar-refractivity contribution >= 4 is 11.9 Å². The molecule has 0 aliphatic carbocycles. The lowest BCUT2D eigenvalue weighted by Gasteiger charge is -2.11. The van der Waals surface area contributed by atoms with Crippen molar-refractivity contribution in [1.82, 2.24) is 15.3 Å². The molecule has 21 heavy (non-hydrogen) atoms. The van der Waals surface area contributed by atoms with Gasteiger partial charge in [0.2, 0.25) is 5.91 Å².